The molecule has 0 amide bonds. The molecule has 0 aliphatic carbocycles. The number of hydrogen-bond donors (Lipinski definition) is 1. The Kier molecular flexibility index (Phi) is 6.57. The number of ether oxygens (including phenoxy) is 1. The van der Waals surface area contributed by atoms with Gasteiger partial charge in [-0.3, -0.25) is 4.79 Å². The summed E-state index contributed by atoms with van der Waals surface area (Å²) in [6.45, 7) is 5.71. The minimum Gasteiger partial charge on any atom is -0.463 e. The Balaban J connectivity index is 1.94. The topological polar surface area (TPSA) is 63.6 Å². The van der Waals surface area contributed by atoms with Gasteiger partial charge in [0.05, 0.1) is 18.6 Å². The van der Waals surface area contributed by atoms with Crippen molar-refractivity contribution in [3.8, 4) is 0 Å². The lowest BCUT2D eigenvalue weighted by Gasteiger charge is -2.23. The van der Waals surface area contributed by atoms with Crippen LogP contribution in [-0.4, -0.2) is 23.5 Å². The number of rotatable bonds is 8. The first-order valence-electron chi connectivity index (χ1n) is 9.62. The maximum absolute atomic E-state index is 13.4. The van der Waals surface area contributed by atoms with Crippen LogP contribution in [-0.2, 0) is 9.53 Å². The van der Waals surface area contributed by atoms with Crippen LogP contribution in [0.3, 0.4) is 0 Å². The largest absolute Gasteiger partial charge is 0.463 e. The van der Waals surface area contributed by atoms with E-state index in [9.17, 15) is 14.7 Å². The predicted molar refractivity (Wildman–Crippen MR) is 114 cm³/mol. The molecule has 0 aliphatic heterocycles. The van der Waals surface area contributed by atoms with E-state index >= 15 is 0 Å². The van der Waals surface area contributed by atoms with Gasteiger partial charge in [0.15, 0.2) is 5.78 Å². The zero-order valence-corrected chi connectivity index (χ0v) is 16.4. The summed E-state index contributed by atoms with van der Waals surface area (Å²) in [6.07, 6.45) is -1.05. The first-order valence-corrected chi connectivity index (χ1v) is 9.62. The van der Waals surface area contributed by atoms with Crippen molar-refractivity contribution >= 4 is 22.5 Å². The van der Waals surface area contributed by atoms with Crippen molar-refractivity contribution in [3.63, 3.8) is 0 Å². The second-order valence-corrected chi connectivity index (χ2v) is 6.92. The van der Waals surface area contributed by atoms with Crippen molar-refractivity contribution in [3.05, 3.63) is 96.1 Å². The molecule has 0 radical (unpaired) electrons. The highest BCUT2D eigenvalue weighted by atomic mass is 16.5. The Bertz CT molecular complexity index is 1020. The van der Waals surface area contributed by atoms with Crippen molar-refractivity contribution in [2.24, 2.45) is 5.92 Å². The summed E-state index contributed by atoms with van der Waals surface area (Å²) in [5.74, 6) is -1.64. The Hall–Kier alpha value is -3.24. The van der Waals surface area contributed by atoms with Gasteiger partial charge in [0.2, 0.25) is 0 Å². The number of hydrogen-bond acceptors (Lipinski definition) is 4. The van der Waals surface area contributed by atoms with Gasteiger partial charge >= 0.3 is 5.97 Å². The molecular weight excluding hydrogens is 364 g/mol. The maximum atomic E-state index is 13.4. The standard InChI is InChI=1S/C25H24O4/c1-3-29-25(28)17(2)15-22(23(26)19-10-5-4-6-11-19)24(27)21-14-13-18-9-7-8-12-20(18)16-21/h4-14,16,22-23,26H,2-3,15H2,1H3. The van der Waals surface area contributed by atoms with E-state index in [1.165, 1.54) is 0 Å². The third kappa shape index (κ3) is 4.79. The van der Waals surface area contributed by atoms with Crippen LogP contribution in [0.25, 0.3) is 10.8 Å². The minimum atomic E-state index is -1.07. The van der Waals surface area contributed by atoms with E-state index in [1.807, 2.05) is 42.5 Å². The molecular formula is C25H24O4. The van der Waals surface area contributed by atoms with E-state index in [0.717, 1.165) is 10.8 Å². The maximum Gasteiger partial charge on any atom is 0.333 e. The van der Waals surface area contributed by atoms with Gasteiger partial charge in [-0.15, -0.1) is 0 Å². The highest BCUT2D eigenvalue weighted by Crippen LogP contribution is 2.31. The van der Waals surface area contributed by atoms with Gasteiger partial charge in [-0.25, -0.2) is 4.79 Å². The van der Waals surface area contributed by atoms with E-state index in [2.05, 4.69) is 6.58 Å². The second-order valence-electron chi connectivity index (χ2n) is 6.92. The lowest BCUT2D eigenvalue weighted by atomic mass is 9.84. The number of fused-ring (bicyclic) bond motifs is 1. The molecule has 4 heteroatoms. The Morgan fingerprint density at radius 2 is 1.62 bits per heavy atom. The number of aliphatic hydroxyl groups is 1. The third-order valence-electron chi connectivity index (χ3n) is 4.92. The van der Waals surface area contributed by atoms with E-state index in [4.69, 9.17) is 4.74 Å². The summed E-state index contributed by atoms with van der Waals surface area (Å²) in [6, 6.07) is 22.2. The Morgan fingerprint density at radius 3 is 2.31 bits per heavy atom. The molecule has 0 bridgehead atoms. The Labute approximate surface area is 170 Å². The zero-order valence-electron chi connectivity index (χ0n) is 16.4. The van der Waals surface area contributed by atoms with Gasteiger partial charge in [0.25, 0.3) is 0 Å². The first-order chi connectivity index (χ1) is 14.0. The van der Waals surface area contributed by atoms with Gasteiger partial charge in [-0.2, -0.15) is 0 Å². The van der Waals surface area contributed by atoms with Crippen molar-refractivity contribution < 1.29 is 19.4 Å². The van der Waals surface area contributed by atoms with E-state index in [1.54, 1.807) is 37.3 Å². The summed E-state index contributed by atoms with van der Waals surface area (Å²) in [5, 5.41) is 12.9. The van der Waals surface area contributed by atoms with Gasteiger partial charge in [0.1, 0.15) is 0 Å². The van der Waals surface area contributed by atoms with Crippen molar-refractivity contribution in [1.82, 2.24) is 0 Å². The number of ketones is 1. The number of carbonyl (C=O) groups is 2. The molecule has 3 rings (SSSR count). The van der Waals surface area contributed by atoms with Gasteiger partial charge < -0.3 is 9.84 Å². The summed E-state index contributed by atoms with van der Waals surface area (Å²) in [4.78, 5) is 25.4. The fourth-order valence-corrected chi connectivity index (χ4v) is 3.37. The van der Waals surface area contributed by atoms with Crippen LogP contribution < -0.4 is 0 Å². The molecule has 2 unspecified atom stereocenters. The molecule has 29 heavy (non-hydrogen) atoms. The van der Waals surface area contributed by atoms with Crippen LogP contribution in [0.1, 0.15) is 35.4 Å². The van der Waals surface area contributed by atoms with Crippen molar-refractivity contribution in [2.45, 2.75) is 19.4 Å². The molecule has 3 aromatic carbocycles. The number of carbonyl (C=O) groups excluding carboxylic acids is 2. The fraction of sp³-hybridized carbons (Fsp3) is 0.200. The van der Waals surface area contributed by atoms with Gasteiger partial charge in [-0.1, -0.05) is 73.3 Å². The van der Waals surface area contributed by atoms with Crippen molar-refractivity contribution in [1.29, 1.82) is 0 Å². The second kappa shape index (κ2) is 9.30. The average molecular weight is 388 g/mol. The number of Topliss-reactive ketones (excluding diaryl/α,β-unsaturated/α-hetero) is 1. The molecule has 3 aromatic rings. The van der Waals surface area contributed by atoms with E-state index in [-0.39, 0.29) is 24.4 Å². The summed E-state index contributed by atoms with van der Waals surface area (Å²) >= 11 is 0. The minimum absolute atomic E-state index is 0.0144. The van der Waals surface area contributed by atoms with Crippen LogP contribution in [0.2, 0.25) is 0 Å². The summed E-state index contributed by atoms with van der Waals surface area (Å²) in [7, 11) is 0. The quantitative estimate of drug-likeness (QED) is 0.339. The molecule has 0 spiro atoms. The van der Waals surface area contributed by atoms with Crippen LogP contribution in [0.15, 0.2) is 84.9 Å². The summed E-state index contributed by atoms with van der Waals surface area (Å²) < 4.78 is 5.00. The summed E-state index contributed by atoms with van der Waals surface area (Å²) in [5.41, 5.74) is 1.27. The highest BCUT2D eigenvalue weighted by molar-refractivity contribution is 6.02. The van der Waals surface area contributed by atoms with Crippen molar-refractivity contribution in [2.75, 3.05) is 6.61 Å². The van der Waals surface area contributed by atoms with Crippen LogP contribution in [0.5, 0.6) is 0 Å². The lowest BCUT2D eigenvalue weighted by molar-refractivity contribution is -0.138. The molecule has 0 aromatic heterocycles. The van der Waals surface area contributed by atoms with Crippen LogP contribution in [0.4, 0.5) is 0 Å². The molecule has 148 valence electrons. The van der Waals surface area contributed by atoms with E-state index in [0.29, 0.717) is 11.1 Å². The first kappa shape index (κ1) is 20.5. The molecule has 0 aliphatic rings. The molecule has 4 nitrogen and oxygen atoms in total. The normalized spacial score (nSPS) is 12.9. The predicted octanol–water partition coefficient (Wildman–Crippen LogP) is 4.88. The average Bonchev–Trinajstić information content (AvgIpc) is 2.76. The molecule has 1 N–H and O–H groups in total. The molecule has 0 heterocycles. The highest BCUT2D eigenvalue weighted by Gasteiger charge is 2.31. The smallest absolute Gasteiger partial charge is 0.333 e. The third-order valence-corrected chi connectivity index (χ3v) is 4.92. The Morgan fingerprint density at radius 1 is 0.966 bits per heavy atom. The molecule has 0 saturated heterocycles. The number of aliphatic hydroxyl groups excluding tert-OH is 1. The zero-order chi connectivity index (χ0) is 20.8. The van der Waals surface area contributed by atoms with E-state index < -0.39 is 18.0 Å². The number of benzene rings is 3. The molecule has 0 fully saturated rings. The van der Waals surface area contributed by atoms with Gasteiger partial charge in [0, 0.05) is 11.1 Å². The van der Waals surface area contributed by atoms with Crippen LogP contribution in [0, 0.1) is 5.92 Å². The molecule has 0 saturated carbocycles. The fourth-order valence-electron chi connectivity index (χ4n) is 3.37. The van der Waals surface area contributed by atoms with Gasteiger partial charge in [-0.05, 0) is 35.7 Å². The van der Waals surface area contributed by atoms with Crippen LogP contribution >= 0.6 is 0 Å². The molecule has 2 atom stereocenters. The monoisotopic (exact) mass is 388 g/mol. The SMILES string of the molecule is C=C(CC(C(=O)c1ccc2ccccc2c1)C(O)c1ccccc1)C(=O)OCC. The number of esters is 1. The lowest BCUT2D eigenvalue weighted by Crippen LogP contribution is -2.25.